The summed E-state index contributed by atoms with van der Waals surface area (Å²) in [4.78, 5) is 28.1. The van der Waals surface area contributed by atoms with Crippen molar-refractivity contribution in [3.8, 4) is 22.6 Å². The molecule has 1 aliphatic carbocycles. The zero-order chi connectivity index (χ0) is 36.8. The SMILES string of the molecule is COc1ccc(CN2CCC(F)(F)CC2)c(OC)c1-c1cccc2c(C[C@H](NC(=O)c3c(C)cc(C45CCOCC4C5)cc3F)C(=O)O)cccc12. The van der Waals surface area contributed by atoms with Crippen LogP contribution in [0.4, 0.5) is 13.2 Å². The average Bonchev–Trinajstić information content (AvgIpc) is 3.88. The monoisotopic (exact) mass is 716 g/mol. The van der Waals surface area contributed by atoms with Crippen LogP contribution in [0.2, 0.25) is 0 Å². The number of nitrogens with zero attached hydrogens (tertiary/aromatic N) is 1. The number of carboxylic acid groups (broad SMARTS) is 1. The molecule has 3 fully saturated rings. The van der Waals surface area contributed by atoms with Gasteiger partial charge in [-0.25, -0.2) is 18.0 Å². The quantitative estimate of drug-likeness (QED) is 0.168. The number of carbonyl (C=O) groups excluding carboxylic acids is 1. The van der Waals surface area contributed by atoms with E-state index in [9.17, 15) is 23.5 Å². The lowest BCUT2D eigenvalue weighted by Gasteiger charge is -2.32. The van der Waals surface area contributed by atoms with Crippen molar-refractivity contribution in [2.24, 2.45) is 5.92 Å². The fourth-order valence-electron chi connectivity index (χ4n) is 8.29. The Kier molecular flexibility index (Phi) is 9.69. The highest BCUT2D eigenvalue weighted by atomic mass is 19.3. The number of aryl methyl sites for hydroxylation is 1. The van der Waals surface area contributed by atoms with Gasteiger partial charge in [0.1, 0.15) is 23.4 Å². The summed E-state index contributed by atoms with van der Waals surface area (Å²) in [6.07, 6.45) is 1.29. The van der Waals surface area contributed by atoms with Gasteiger partial charge in [-0.2, -0.15) is 0 Å². The number of piperidine rings is 1. The first-order chi connectivity index (χ1) is 24.9. The minimum atomic E-state index is -2.65. The number of rotatable bonds is 11. The number of ether oxygens (including phenoxy) is 3. The van der Waals surface area contributed by atoms with E-state index in [1.807, 2.05) is 59.5 Å². The predicted molar refractivity (Wildman–Crippen MR) is 191 cm³/mol. The first-order valence-corrected chi connectivity index (χ1v) is 17.7. The van der Waals surface area contributed by atoms with Gasteiger partial charge in [-0.3, -0.25) is 9.69 Å². The maximum Gasteiger partial charge on any atom is 0.326 e. The number of nitrogens with one attached hydrogen (secondary N) is 1. The standard InChI is InChI=1S/C41H43F3N2O6/c1-24-18-27(40-14-17-52-23-28(40)21-40)20-32(42)35(24)38(47)45-33(39(48)49)19-25-6-4-8-30-29(25)7-5-9-31(30)36-34(50-2)11-10-26(37(36)51-3)22-46-15-12-41(43,44)13-16-46/h4-11,18,20,28,33H,12-17,19,21-23H2,1-3H3,(H,45,47)(H,48,49)/t28?,33-,40?/m0/s1. The first kappa shape index (κ1) is 35.8. The average molecular weight is 717 g/mol. The van der Waals surface area contributed by atoms with Crippen LogP contribution in [0, 0.1) is 18.7 Å². The molecule has 0 radical (unpaired) electrons. The zero-order valence-electron chi connectivity index (χ0n) is 29.6. The smallest absolute Gasteiger partial charge is 0.326 e. The Morgan fingerprint density at radius 3 is 2.44 bits per heavy atom. The van der Waals surface area contributed by atoms with Crippen molar-refractivity contribution < 1.29 is 42.1 Å². The summed E-state index contributed by atoms with van der Waals surface area (Å²) in [7, 11) is 3.13. The number of hydrogen-bond donors (Lipinski definition) is 2. The van der Waals surface area contributed by atoms with Crippen LogP contribution in [0.5, 0.6) is 11.5 Å². The molecule has 1 saturated carbocycles. The predicted octanol–water partition coefficient (Wildman–Crippen LogP) is 7.31. The normalized spacial score (nSPS) is 21.6. The summed E-state index contributed by atoms with van der Waals surface area (Å²) in [5.41, 5.74) is 4.00. The number of carboxylic acids is 1. The zero-order valence-corrected chi connectivity index (χ0v) is 29.6. The number of halogens is 3. The van der Waals surface area contributed by atoms with Gasteiger partial charge >= 0.3 is 5.97 Å². The fourth-order valence-corrected chi connectivity index (χ4v) is 8.29. The van der Waals surface area contributed by atoms with Crippen LogP contribution in [-0.2, 0) is 27.9 Å². The van der Waals surface area contributed by atoms with E-state index < -0.39 is 29.7 Å². The van der Waals surface area contributed by atoms with Crippen LogP contribution in [0.1, 0.15) is 58.3 Å². The van der Waals surface area contributed by atoms with Crippen molar-refractivity contribution in [3.05, 3.63) is 94.3 Å². The molecular weight excluding hydrogens is 673 g/mol. The molecule has 2 saturated heterocycles. The Balaban J connectivity index is 1.17. The number of likely N-dealkylation sites (tertiary alicyclic amines) is 1. The van der Waals surface area contributed by atoms with Crippen molar-refractivity contribution in [2.75, 3.05) is 40.5 Å². The van der Waals surface area contributed by atoms with E-state index in [-0.39, 0.29) is 43.3 Å². The summed E-state index contributed by atoms with van der Waals surface area (Å²) in [6, 6.07) is 16.9. The van der Waals surface area contributed by atoms with E-state index in [0.717, 1.165) is 40.3 Å². The molecule has 0 spiro atoms. The van der Waals surface area contributed by atoms with E-state index in [4.69, 9.17) is 14.2 Å². The number of amides is 1. The van der Waals surface area contributed by atoms with Crippen molar-refractivity contribution in [1.82, 2.24) is 10.2 Å². The molecule has 11 heteroatoms. The van der Waals surface area contributed by atoms with E-state index in [1.165, 1.54) is 6.07 Å². The van der Waals surface area contributed by atoms with E-state index in [1.54, 1.807) is 21.1 Å². The molecule has 2 unspecified atom stereocenters. The maximum absolute atomic E-state index is 15.6. The number of methoxy groups -OCH3 is 2. The number of benzene rings is 4. The molecule has 2 aliphatic heterocycles. The molecule has 4 aromatic carbocycles. The number of carbonyl (C=O) groups is 2. The second kappa shape index (κ2) is 14.1. The topological polar surface area (TPSA) is 97.3 Å². The van der Waals surface area contributed by atoms with Crippen LogP contribution in [0.3, 0.4) is 0 Å². The number of hydrogen-bond acceptors (Lipinski definition) is 6. The highest BCUT2D eigenvalue weighted by Crippen LogP contribution is 2.59. The molecular formula is C41H43F3N2O6. The van der Waals surface area contributed by atoms with Crippen molar-refractivity contribution in [1.29, 1.82) is 0 Å². The molecule has 4 aromatic rings. The Labute approximate surface area is 300 Å². The summed E-state index contributed by atoms with van der Waals surface area (Å²) in [6.45, 7) is 3.91. The Bertz CT molecular complexity index is 2000. The Hall–Kier alpha value is -4.61. The van der Waals surface area contributed by atoms with Crippen LogP contribution in [0.25, 0.3) is 21.9 Å². The third-order valence-corrected chi connectivity index (χ3v) is 11.2. The molecule has 3 atom stereocenters. The highest BCUT2D eigenvalue weighted by Gasteiger charge is 2.56. The number of alkyl halides is 2. The van der Waals surface area contributed by atoms with Crippen molar-refractivity contribution in [3.63, 3.8) is 0 Å². The molecule has 0 bridgehead atoms. The molecule has 0 aromatic heterocycles. The van der Waals surface area contributed by atoms with Crippen LogP contribution >= 0.6 is 0 Å². The van der Waals surface area contributed by atoms with Gasteiger partial charge in [-0.15, -0.1) is 0 Å². The van der Waals surface area contributed by atoms with Gasteiger partial charge in [0.15, 0.2) is 0 Å². The van der Waals surface area contributed by atoms with Gasteiger partial charge in [-0.05, 0) is 70.8 Å². The fraction of sp³-hybridized carbons (Fsp3) is 0.415. The third-order valence-electron chi connectivity index (χ3n) is 11.2. The lowest BCUT2D eigenvalue weighted by atomic mass is 9.86. The Morgan fingerprint density at radius 1 is 1.00 bits per heavy atom. The van der Waals surface area contributed by atoms with Gasteiger partial charge in [-0.1, -0.05) is 48.5 Å². The summed E-state index contributed by atoms with van der Waals surface area (Å²) < 4.78 is 60.7. The van der Waals surface area contributed by atoms with Gasteiger partial charge in [0.25, 0.3) is 11.8 Å². The molecule has 274 valence electrons. The molecule has 1 amide bonds. The molecule has 2 N–H and O–H groups in total. The minimum absolute atomic E-state index is 0.0562. The van der Waals surface area contributed by atoms with Gasteiger partial charge in [0.2, 0.25) is 0 Å². The minimum Gasteiger partial charge on any atom is -0.496 e. The highest BCUT2D eigenvalue weighted by molar-refractivity contribution is 6.02. The third kappa shape index (κ3) is 6.72. The molecule has 2 heterocycles. The van der Waals surface area contributed by atoms with E-state index in [2.05, 4.69) is 5.32 Å². The first-order valence-electron chi connectivity index (χ1n) is 17.7. The van der Waals surface area contributed by atoms with Crippen molar-refractivity contribution >= 4 is 22.6 Å². The van der Waals surface area contributed by atoms with Crippen LogP contribution < -0.4 is 14.8 Å². The second-order valence-electron chi connectivity index (χ2n) is 14.4. The van der Waals surface area contributed by atoms with E-state index >= 15 is 4.39 Å². The maximum atomic E-state index is 15.6. The summed E-state index contributed by atoms with van der Waals surface area (Å²) in [5, 5.41) is 14.4. The van der Waals surface area contributed by atoms with Crippen LogP contribution in [-0.4, -0.2) is 74.4 Å². The molecule has 8 nitrogen and oxygen atoms in total. The number of fused-ring (bicyclic) bond motifs is 2. The summed E-state index contributed by atoms with van der Waals surface area (Å²) >= 11 is 0. The summed E-state index contributed by atoms with van der Waals surface area (Å²) in [5.74, 6) is -3.89. The van der Waals surface area contributed by atoms with E-state index in [0.29, 0.717) is 53.9 Å². The van der Waals surface area contributed by atoms with Crippen LogP contribution in [0.15, 0.2) is 60.7 Å². The Morgan fingerprint density at radius 2 is 1.75 bits per heavy atom. The number of aliphatic carboxylic acids is 1. The lowest BCUT2D eigenvalue weighted by molar-refractivity contribution is -0.139. The van der Waals surface area contributed by atoms with Crippen molar-refractivity contribution in [2.45, 2.75) is 63.0 Å². The largest absolute Gasteiger partial charge is 0.496 e. The molecule has 52 heavy (non-hydrogen) atoms. The molecule has 3 aliphatic rings. The molecule has 7 rings (SSSR count). The van der Waals surface area contributed by atoms with Gasteiger partial charge in [0.05, 0.1) is 32.0 Å². The lowest BCUT2D eigenvalue weighted by Crippen LogP contribution is -2.43. The second-order valence-corrected chi connectivity index (χ2v) is 14.4. The van der Waals surface area contributed by atoms with Gasteiger partial charge < -0.3 is 24.6 Å². The van der Waals surface area contributed by atoms with Gasteiger partial charge in [0, 0.05) is 56.5 Å².